The van der Waals surface area contributed by atoms with Crippen LogP contribution >= 0.6 is 15.9 Å². The van der Waals surface area contributed by atoms with Crippen LogP contribution in [0.15, 0.2) is 58.7 Å². The fourth-order valence-corrected chi connectivity index (χ4v) is 4.10. The van der Waals surface area contributed by atoms with Crippen molar-refractivity contribution in [2.45, 2.75) is 13.5 Å². The van der Waals surface area contributed by atoms with Gasteiger partial charge in [0.2, 0.25) is 0 Å². The number of methoxy groups -OCH3 is 1. The molecule has 4 rings (SSSR count). The van der Waals surface area contributed by atoms with Crippen LogP contribution in [0.4, 0.5) is 10.5 Å². The number of imide groups is 2. The zero-order valence-electron chi connectivity index (χ0n) is 17.2. The number of amides is 4. The Balaban J connectivity index is 1.80. The topological polar surface area (TPSA) is 97.7 Å². The number of benzene rings is 2. The normalized spacial score (nSPS) is 15.4. The van der Waals surface area contributed by atoms with Gasteiger partial charge in [0, 0.05) is 27.1 Å². The molecule has 9 heteroatoms. The van der Waals surface area contributed by atoms with Gasteiger partial charge >= 0.3 is 12.0 Å². The number of carbonyl (C=O) groups excluding carboxylic acids is 4. The van der Waals surface area contributed by atoms with Gasteiger partial charge in [0.1, 0.15) is 12.1 Å². The van der Waals surface area contributed by atoms with Gasteiger partial charge in [-0.25, -0.2) is 9.69 Å². The molecule has 8 nitrogen and oxygen atoms in total. The Kier molecular flexibility index (Phi) is 5.67. The molecular formula is C23H18BrN3O5. The second-order valence-corrected chi connectivity index (χ2v) is 8.11. The molecule has 162 valence electrons. The highest BCUT2D eigenvalue weighted by Gasteiger charge is 2.37. The lowest BCUT2D eigenvalue weighted by molar-refractivity contribution is -0.141. The summed E-state index contributed by atoms with van der Waals surface area (Å²) in [5.74, 6) is -1.94. The van der Waals surface area contributed by atoms with Crippen molar-refractivity contribution in [3.05, 3.63) is 69.8 Å². The van der Waals surface area contributed by atoms with Gasteiger partial charge in [0.05, 0.1) is 12.8 Å². The molecule has 1 aliphatic rings. The Morgan fingerprint density at radius 3 is 2.62 bits per heavy atom. The number of nitrogens with one attached hydrogen (secondary N) is 1. The Bertz CT molecular complexity index is 1320. The van der Waals surface area contributed by atoms with E-state index in [2.05, 4.69) is 21.2 Å². The highest BCUT2D eigenvalue weighted by atomic mass is 79.9. The van der Waals surface area contributed by atoms with E-state index in [4.69, 9.17) is 4.74 Å². The van der Waals surface area contributed by atoms with Crippen LogP contribution in [0.5, 0.6) is 0 Å². The zero-order valence-corrected chi connectivity index (χ0v) is 18.8. The molecule has 0 radical (unpaired) electrons. The monoisotopic (exact) mass is 495 g/mol. The van der Waals surface area contributed by atoms with E-state index in [-0.39, 0.29) is 12.1 Å². The summed E-state index contributed by atoms with van der Waals surface area (Å²) < 4.78 is 7.23. The van der Waals surface area contributed by atoms with Crippen LogP contribution in [-0.4, -0.2) is 35.5 Å². The summed E-state index contributed by atoms with van der Waals surface area (Å²) in [5, 5.41) is 2.98. The number of nitrogens with zero attached hydrogens (tertiary/aromatic N) is 2. The van der Waals surface area contributed by atoms with E-state index < -0.39 is 23.8 Å². The van der Waals surface area contributed by atoms with Crippen molar-refractivity contribution in [3.8, 4) is 0 Å². The number of ether oxygens (including phenoxy) is 1. The summed E-state index contributed by atoms with van der Waals surface area (Å²) in [6, 6.07) is 11.6. The Hall–Kier alpha value is -3.72. The second-order valence-electron chi connectivity index (χ2n) is 7.19. The number of halogens is 1. The van der Waals surface area contributed by atoms with E-state index >= 15 is 0 Å². The van der Waals surface area contributed by atoms with Gasteiger partial charge in [0.25, 0.3) is 11.8 Å². The van der Waals surface area contributed by atoms with E-state index in [1.54, 1.807) is 35.9 Å². The number of para-hydroxylation sites is 1. The van der Waals surface area contributed by atoms with E-state index in [1.165, 1.54) is 13.2 Å². The SMILES string of the molecule is COC(=O)Cn1cc(/C=C2\C(=O)NC(=O)N(c3ccc(Br)cc3C)C2=O)c2ccccc21. The molecule has 1 aliphatic heterocycles. The van der Waals surface area contributed by atoms with Crippen molar-refractivity contribution in [1.29, 1.82) is 0 Å². The molecule has 0 bridgehead atoms. The zero-order chi connectivity index (χ0) is 23.0. The molecule has 2 aromatic carbocycles. The van der Waals surface area contributed by atoms with Gasteiger partial charge in [-0.15, -0.1) is 0 Å². The van der Waals surface area contributed by atoms with E-state index in [0.717, 1.165) is 20.3 Å². The molecule has 32 heavy (non-hydrogen) atoms. The van der Waals surface area contributed by atoms with Gasteiger partial charge in [-0.3, -0.25) is 19.7 Å². The Morgan fingerprint density at radius 2 is 1.91 bits per heavy atom. The van der Waals surface area contributed by atoms with Crippen LogP contribution in [0.2, 0.25) is 0 Å². The number of rotatable bonds is 4. The first-order valence-electron chi connectivity index (χ1n) is 9.62. The molecule has 1 fully saturated rings. The maximum atomic E-state index is 13.2. The molecule has 1 saturated heterocycles. The fraction of sp³-hybridized carbons (Fsp3) is 0.130. The summed E-state index contributed by atoms with van der Waals surface area (Å²) in [5.41, 5.74) is 2.18. The Labute approximate surface area is 191 Å². The predicted molar refractivity (Wildman–Crippen MR) is 122 cm³/mol. The molecule has 0 saturated carbocycles. The van der Waals surface area contributed by atoms with Crippen LogP contribution in [0, 0.1) is 6.92 Å². The quantitative estimate of drug-likeness (QED) is 0.339. The minimum absolute atomic E-state index is 0.0248. The van der Waals surface area contributed by atoms with Crippen LogP contribution in [0.25, 0.3) is 17.0 Å². The third kappa shape index (κ3) is 3.82. The lowest BCUT2D eigenvalue weighted by Crippen LogP contribution is -2.54. The molecule has 0 unspecified atom stereocenters. The molecule has 1 aromatic heterocycles. The molecule has 0 spiro atoms. The number of aryl methyl sites for hydroxylation is 1. The van der Waals surface area contributed by atoms with Crippen molar-refractivity contribution in [2.75, 3.05) is 12.0 Å². The number of carbonyl (C=O) groups is 4. The third-order valence-electron chi connectivity index (χ3n) is 5.15. The minimum atomic E-state index is -0.810. The maximum Gasteiger partial charge on any atom is 0.335 e. The molecule has 2 heterocycles. The van der Waals surface area contributed by atoms with Gasteiger partial charge in [-0.05, 0) is 42.8 Å². The highest BCUT2D eigenvalue weighted by Crippen LogP contribution is 2.29. The molecule has 0 aliphatic carbocycles. The minimum Gasteiger partial charge on any atom is -0.468 e. The van der Waals surface area contributed by atoms with E-state index in [0.29, 0.717) is 16.8 Å². The fourth-order valence-electron chi connectivity index (χ4n) is 3.63. The molecule has 0 atom stereocenters. The smallest absolute Gasteiger partial charge is 0.335 e. The second kappa shape index (κ2) is 8.43. The average Bonchev–Trinajstić information content (AvgIpc) is 3.09. The lowest BCUT2D eigenvalue weighted by atomic mass is 10.1. The first-order valence-corrected chi connectivity index (χ1v) is 10.4. The van der Waals surface area contributed by atoms with Crippen molar-refractivity contribution in [1.82, 2.24) is 9.88 Å². The summed E-state index contributed by atoms with van der Waals surface area (Å²) >= 11 is 3.36. The molecular weight excluding hydrogens is 478 g/mol. The number of hydrogen-bond acceptors (Lipinski definition) is 5. The van der Waals surface area contributed by atoms with Crippen LogP contribution in [0.1, 0.15) is 11.1 Å². The summed E-state index contributed by atoms with van der Waals surface area (Å²) in [6.07, 6.45) is 3.10. The van der Waals surface area contributed by atoms with E-state index in [9.17, 15) is 19.2 Å². The number of barbiturate groups is 1. The molecule has 3 aromatic rings. The van der Waals surface area contributed by atoms with Crippen molar-refractivity contribution < 1.29 is 23.9 Å². The molecule has 4 amide bonds. The van der Waals surface area contributed by atoms with E-state index in [1.807, 2.05) is 24.3 Å². The summed E-state index contributed by atoms with van der Waals surface area (Å²) in [4.78, 5) is 51.0. The number of fused-ring (bicyclic) bond motifs is 1. The van der Waals surface area contributed by atoms with Crippen molar-refractivity contribution in [2.24, 2.45) is 0 Å². The van der Waals surface area contributed by atoms with Gasteiger partial charge < -0.3 is 9.30 Å². The van der Waals surface area contributed by atoms with Crippen LogP contribution in [-0.2, 0) is 25.7 Å². The average molecular weight is 496 g/mol. The van der Waals surface area contributed by atoms with Crippen molar-refractivity contribution in [3.63, 3.8) is 0 Å². The van der Waals surface area contributed by atoms with Crippen LogP contribution in [0.3, 0.4) is 0 Å². The van der Waals surface area contributed by atoms with Gasteiger partial charge in [-0.1, -0.05) is 34.1 Å². The predicted octanol–water partition coefficient (Wildman–Crippen LogP) is 3.55. The lowest BCUT2D eigenvalue weighted by Gasteiger charge is -2.27. The van der Waals surface area contributed by atoms with Gasteiger partial charge in [0.15, 0.2) is 0 Å². The summed E-state index contributed by atoms with van der Waals surface area (Å²) in [6.45, 7) is 1.74. The standard InChI is InChI=1S/C23H18BrN3O5/c1-13-9-15(24)7-8-18(13)27-22(30)17(21(29)25-23(27)31)10-14-11-26(12-20(28)32-2)19-6-4-3-5-16(14)19/h3-11H,12H2,1-2H3,(H,25,29,31)/b17-10+. The van der Waals surface area contributed by atoms with Gasteiger partial charge in [-0.2, -0.15) is 0 Å². The highest BCUT2D eigenvalue weighted by molar-refractivity contribution is 9.10. The summed E-state index contributed by atoms with van der Waals surface area (Å²) in [7, 11) is 1.30. The first-order chi connectivity index (χ1) is 15.3. The Morgan fingerprint density at radius 1 is 1.16 bits per heavy atom. The third-order valence-corrected chi connectivity index (χ3v) is 5.64. The number of anilines is 1. The maximum absolute atomic E-state index is 13.2. The number of hydrogen-bond donors (Lipinski definition) is 1. The number of urea groups is 1. The number of esters is 1. The first kappa shape index (κ1) is 21.5. The molecule has 1 N–H and O–H groups in total. The largest absolute Gasteiger partial charge is 0.468 e. The number of aromatic nitrogens is 1. The van der Waals surface area contributed by atoms with Crippen LogP contribution < -0.4 is 10.2 Å². The van der Waals surface area contributed by atoms with Crippen molar-refractivity contribution >= 4 is 62.4 Å².